The molecule has 0 atom stereocenters. The van der Waals surface area contributed by atoms with Gasteiger partial charge in [-0.1, -0.05) is 36.4 Å². The lowest BCUT2D eigenvalue weighted by molar-refractivity contribution is 0.890. The molecule has 3 nitrogen and oxygen atoms in total. The number of rotatable bonds is 4. The first kappa shape index (κ1) is 11.9. The summed E-state index contributed by atoms with van der Waals surface area (Å²) in [6, 6.07) is 16.6. The minimum Gasteiger partial charge on any atom is -0.342 e. The molecule has 0 unspecified atom stereocenters. The predicted molar refractivity (Wildman–Crippen MR) is 77.8 cm³/mol. The summed E-state index contributed by atoms with van der Waals surface area (Å²) < 4.78 is 0. The zero-order valence-electron chi connectivity index (χ0n) is 10.8. The largest absolute Gasteiger partial charge is 0.342 e. The molecule has 3 aromatic rings. The highest BCUT2D eigenvalue weighted by Crippen LogP contribution is 2.14. The summed E-state index contributed by atoms with van der Waals surface area (Å²) in [5, 5.41) is 0. The van der Waals surface area contributed by atoms with E-state index in [4.69, 9.17) is 5.73 Å². The van der Waals surface area contributed by atoms with E-state index in [9.17, 15) is 0 Å². The van der Waals surface area contributed by atoms with E-state index in [0.29, 0.717) is 6.54 Å². The van der Waals surface area contributed by atoms with Crippen LogP contribution in [0.3, 0.4) is 0 Å². The fraction of sp³-hybridized carbons (Fsp3) is 0.188. The van der Waals surface area contributed by atoms with E-state index in [1.165, 1.54) is 5.56 Å². The molecule has 2 aromatic carbocycles. The topological polar surface area (TPSA) is 54.7 Å². The standard InChI is InChI=1S/C16H17N3/c17-11-13-6-8-14-15(10-13)19-16(18-14)9-7-12-4-2-1-3-5-12/h1-6,8,10H,7,9,11,17H2,(H,18,19). The van der Waals surface area contributed by atoms with Gasteiger partial charge in [-0.3, -0.25) is 0 Å². The van der Waals surface area contributed by atoms with E-state index in [1.54, 1.807) is 0 Å². The van der Waals surface area contributed by atoms with Crippen LogP contribution in [-0.2, 0) is 19.4 Å². The number of hydrogen-bond acceptors (Lipinski definition) is 2. The van der Waals surface area contributed by atoms with Crippen molar-refractivity contribution >= 4 is 11.0 Å². The van der Waals surface area contributed by atoms with Crippen molar-refractivity contribution in [1.29, 1.82) is 0 Å². The molecule has 0 spiro atoms. The van der Waals surface area contributed by atoms with E-state index in [2.05, 4.69) is 40.3 Å². The molecule has 3 N–H and O–H groups in total. The van der Waals surface area contributed by atoms with E-state index in [0.717, 1.165) is 35.3 Å². The fourth-order valence-electron chi connectivity index (χ4n) is 2.26. The van der Waals surface area contributed by atoms with E-state index < -0.39 is 0 Å². The molecule has 0 aliphatic heterocycles. The number of benzene rings is 2. The molecule has 0 aliphatic carbocycles. The van der Waals surface area contributed by atoms with Gasteiger partial charge in [0.25, 0.3) is 0 Å². The van der Waals surface area contributed by atoms with Gasteiger partial charge in [-0.2, -0.15) is 0 Å². The van der Waals surface area contributed by atoms with Crippen LogP contribution in [0.2, 0.25) is 0 Å². The lowest BCUT2D eigenvalue weighted by atomic mass is 10.1. The molecule has 1 aromatic heterocycles. The van der Waals surface area contributed by atoms with Crippen molar-refractivity contribution in [2.75, 3.05) is 0 Å². The van der Waals surface area contributed by atoms with Crippen LogP contribution in [0.15, 0.2) is 48.5 Å². The maximum Gasteiger partial charge on any atom is 0.107 e. The minimum absolute atomic E-state index is 0.564. The maximum atomic E-state index is 5.65. The highest BCUT2D eigenvalue weighted by Gasteiger charge is 2.03. The summed E-state index contributed by atoms with van der Waals surface area (Å²) in [6.45, 7) is 0.564. The number of nitrogens with two attached hydrogens (primary N) is 1. The number of hydrogen-bond donors (Lipinski definition) is 2. The molecular weight excluding hydrogens is 234 g/mol. The maximum absolute atomic E-state index is 5.65. The zero-order valence-corrected chi connectivity index (χ0v) is 10.8. The van der Waals surface area contributed by atoms with Crippen LogP contribution in [0.5, 0.6) is 0 Å². The first-order valence-corrected chi connectivity index (χ1v) is 6.56. The van der Waals surface area contributed by atoms with E-state index >= 15 is 0 Å². The van der Waals surface area contributed by atoms with Crippen LogP contribution in [0, 0.1) is 0 Å². The molecule has 0 saturated carbocycles. The third-order valence-electron chi connectivity index (χ3n) is 3.32. The minimum atomic E-state index is 0.564. The van der Waals surface area contributed by atoms with Crippen LogP contribution in [0.25, 0.3) is 11.0 Å². The number of aromatic nitrogens is 2. The molecule has 0 aliphatic rings. The van der Waals surface area contributed by atoms with Crippen LogP contribution >= 0.6 is 0 Å². The van der Waals surface area contributed by atoms with Crippen molar-refractivity contribution in [3.8, 4) is 0 Å². The van der Waals surface area contributed by atoms with Crippen molar-refractivity contribution in [2.45, 2.75) is 19.4 Å². The molecule has 0 bridgehead atoms. The van der Waals surface area contributed by atoms with Gasteiger partial charge in [0.1, 0.15) is 5.82 Å². The number of imidazole rings is 1. The molecule has 3 heteroatoms. The second kappa shape index (κ2) is 5.24. The molecule has 1 heterocycles. The number of nitrogens with one attached hydrogen (secondary N) is 1. The summed E-state index contributed by atoms with van der Waals surface area (Å²) in [6.07, 6.45) is 1.93. The van der Waals surface area contributed by atoms with Gasteiger partial charge in [0.15, 0.2) is 0 Å². The highest BCUT2D eigenvalue weighted by atomic mass is 14.9. The van der Waals surface area contributed by atoms with E-state index in [1.807, 2.05) is 18.2 Å². The SMILES string of the molecule is NCc1ccc2nc(CCc3ccccc3)[nH]c2c1. The number of fused-ring (bicyclic) bond motifs is 1. The van der Waals surface area contributed by atoms with Crippen molar-refractivity contribution in [1.82, 2.24) is 9.97 Å². The quantitative estimate of drug-likeness (QED) is 0.749. The lowest BCUT2D eigenvalue weighted by Crippen LogP contribution is -1.95. The van der Waals surface area contributed by atoms with Gasteiger partial charge in [-0.25, -0.2) is 4.98 Å². The normalized spacial score (nSPS) is 11.0. The Morgan fingerprint density at radius 3 is 2.58 bits per heavy atom. The van der Waals surface area contributed by atoms with Crippen LogP contribution < -0.4 is 5.73 Å². The average molecular weight is 251 g/mol. The number of nitrogens with zero attached hydrogens (tertiary/aromatic N) is 1. The van der Waals surface area contributed by atoms with Gasteiger partial charge < -0.3 is 10.7 Å². The van der Waals surface area contributed by atoms with Gasteiger partial charge in [0, 0.05) is 13.0 Å². The Morgan fingerprint density at radius 1 is 0.947 bits per heavy atom. The summed E-state index contributed by atoms with van der Waals surface area (Å²) in [7, 11) is 0. The number of aromatic amines is 1. The van der Waals surface area contributed by atoms with Gasteiger partial charge in [-0.15, -0.1) is 0 Å². The van der Waals surface area contributed by atoms with Crippen molar-refractivity contribution in [2.24, 2.45) is 5.73 Å². The summed E-state index contributed by atoms with van der Waals surface area (Å²) in [5.74, 6) is 1.04. The van der Waals surface area contributed by atoms with Crippen LogP contribution in [0.1, 0.15) is 17.0 Å². The summed E-state index contributed by atoms with van der Waals surface area (Å²) >= 11 is 0. The Hall–Kier alpha value is -2.13. The van der Waals surface area contributed by atoms with Crippen molar-refractivity contribution in [3.63, 3.8) is 0 Å². The summed E-state index contributed by atoms with van der Waals surface area (Å²) in [4.78, 5) is 7.98. The van der Waals surface area contributed by atoms with Gasteiger partial charge in [0.2, 0.25) is 0 Å². The van der Waals surface area contributed by atoms with Gasteiger partial charge in [0.05, 0.1) is 11.0 Å². The monoisotopic (exact) mass is 251 g/mol. The van der Waals surface area contributed by atoms with Crippen LogP contribution in [-0.4, -0.2) is 9.97 Å². The van der Waals surface area contributed by atoms with Crippen molar-refractivity contribution in [3.05, 3.63) is 65.5 Å². The molecule has 0 saturated heterocycles. The lowest BCUT2D eigenvalue weighted by Gasteiger charge is -1.97. The average Bonchev–Trinajstić information content (AvgIpc) is 2.88. The van der Waals surface area contributed by atoms with Crippen LogP contribution in [0.4, 0.5) is 0 Å². The first-order valence-electron chi connectivity index (χ1n) is 6.56. The van der Waals surface area contributed by atoms with Gasteiger partial charge >= 0.3 is 0 Å². The zero-order chi connectivity index (χ0) is 13.1. The Balaban J connectivity index is 1.78. The fourth-order valence-corrected chi connectivity index (χ4v) is 2.26. The first-order chi connectivity index (χ1) is 9.35. The highest BCUT2D eigenvalue weighted by molar-refractivity contribution is 5.75. The number of H-pyrrole nitrogens is 1. The third-order valence-corrected chi connectivity index (χ3v) is 3.32. The Labute approximate surface area is 112 Å². The predicted octanol–water partition coefficient (Wildman–Crippen LogP) is 2.81. The molecular formula is C16H17N3. The molecule has 19 heavy (non-hydrogen) atoms. The molecule has 0 radical (unpaired) electrons. The second-order valence-corrected chi connectivity index (χ2v) is 4.72. The molecule has 0 fully saturated rings. The summed E-state index contributed by atoms with van der Waals surface area (Å²) in [5.41, 5.74) is 10.2. The Bertz CT molecular complexity index is 671. The molecule has 0 amide bonds. The van der Waals surface area contributed by atoms with Gasteiger partial charge in [-0.05, 0) is 29.7 Å². The Kier molecular flexibility index (Phi) is 3.29. The smallest absolute Gasteiger partial charge is 0.107 e. The molecule has 96 valence electrons. The second-order valence-electron chi connectivity index (χ2n) is 4.72. The third kappa shape index (κ3) is 2.66. The number of aryl methyl sites for hydroxylation is 2. The van der Waals surface area contributed by atoms with Crippen molar-refractivity contribution < 1.29 is 0 Å². The Morgan fingerprint density at radius 2 is 1.79 bits per heavy atom. The van der Waals surface area contributed by atoms with E-state index in [-0.39, 0.29) is 0 Å². The molecule has 3 rings (SSSR count).